The highest BCUT2D eigenvalue weighted by molar-refractivity contribution is 5.89. The average molecular weight is 272 g/mol. The number of piperidine rings is 1. The number of rotatable bonds is 5. The van der Waals surface area contributed by atoms with E-state index in [1.165, 1.54) is 0 Å². The molecular formula is C12H20N2O5. The van der Waals surface area contributed by atoms with E-state index in [-0.39, 0.29) is 5.41 Å². The fraction of sp³-hybridized carbons (Fsp3) is 0.750. The van der Waals surface area contributed by atoms with E-state index in [2.05, 4.69) is 5.32 Å². The summed E-state index contributed by atoms with van der Waals surface area (Å²) in [7, 11) is 0. The molecule has 0 spiro atoms. The summed E-state index contributed by atoms with van der Waals surface area (Å²) in [5.41, 5.74) is -0.315. The van der Waals surface area contributed by atoms with Crippen LogP contribution in [0.1, 0.15) is 26.7 Å². The van der Waals surface area contributed by atoms with Gasteiger partial charge in [-0.25, -0.2) is 0 Å². The van der Waals surface area contributed by atoms with Gasteiger partial charge in [-0.1, -0.05) is 13.8 Å². The molecule has 3 N–H and O–H groups in total. The molecular weight excluding hydrogens is 252 g/mol. The van der Waals surface area contributed by atoms with Gasteiger partial charge < -0.3 is 20.4 Å². The Kier molecular flexibility index (Phi) is 4.88. The monoisotopic (exact) mass is 272 g/mol. The standard InChI is InChI=1S/C12H20N2O5/c1-12(2)4-3-5-13-10(12)11(19)14(6-8(15)16)7-9(17)18/h10,13H,3-7H2,1-2H3,(H,15,16)(H,17,18). The molecule has 1 aliphatic rings. The van der Waals surface area contributed by atoms with Gasteiger partial charge in [0.05, 0.1) is 6.04 Å². The maximum atomic E-state index is 12.3. The largest absolute Gasteiger partial charge is 0.480 e. The van der Waals surface area contributed by atoms with E-state index in [4.69, 9.17) is 10.2 Å². The van der Waals surface area contributed by atoms with Crippen molar-refractivity contribution in [1.29, 1.82) is 0 Å². The maximum absolute atomic E-state index is 12.3. The van der Waals surface area contributed by atoms with E-state index in [1.54, 1.807) is 0 Å². The smallest absolute Gasteiger partial charge is 0.323 e. The number of carbonyl (C=O) groups excluding carboxylic acids is 1. The SMILES string of the molecule is CC1(C)CCCNC1C(=O)N(CC(=O)O)CC(=O)O. The van der Waals surface area contributed by atoms with Gasteiger partial charge in [0.2, 0.25) is 5.91 Å². The van der Waals surface area contributed by atoms with Crippen LogP contribution in [-0.2, 0) is 14.4 Å². The van der Waals surface area contributed by atoms with Crippen LogP contribution in [0.3, 0.4) is 0 Å². The molecule has 1 rings (SSSR count). The number of hydrogen-bond acceptors (Lipinski definition) is 4. The van der Waals surface area contributed by atoms with Crippen molar-refractivity contribution in [3.8, 4) is 0 Å². The van der Waals surface area contributed by atoms with Gasteiger partial charge in [0.1, 0.15) is 13.1 Å². The number of amides is 1. The predicted molar refractivity (Wildman–Crippen MR) is 66.7 cm³/mol. The Morgan fingerprint density at radius 1 is 1.21 bits per heavy atom. The molecule has 0 saturated carbocycles. The van der Waals surface area contributed by atoms with Crippen molar-refractivity contribution in [2.45, 2.75) is 32.7 Å². The number of aliphatic carboxylic acids is 2. The average Bonchev–Trinajstić information content (AvgIpc) is 2.25. The predicted octanol–water partition coefficient (Wildman–Crippen LogP) is -0.238. The van der Waals surface area contributed by atoms with Crippen LogP contribution in [0.2, 0.25) is 0 Å². The van der Waals surface area contributed by atoms with E-state index in [9.17, 15) is 14.4 Å². The van der Waals surface area contributed by atoms with E-state index in [0.29, 0.717) is 6.54 Å². The summed E-state index contributed by atoms with van der Waals surface area (Å²) in [6.07, 6.45) is 1.78. The van der Waals surface area contributed by atoms with Gasteiger partial charge in [-0.05, 0) is 24.8 Å². The first-order valence-electron chi connectivity index (χ1n) is 6.20. The Morgan fingerprint density at radius 3 is 2.16 bits per heavy atom. The Bertz CT molecular complexity index is 364. The van der Waals surface area contributed by atoms with Crippen LogP contribution in [0, 0.1) is 5.41 Å². The second-order valence-electron chi connectivity index (χ2n) is 5.46. The molecule has 1 heterocycles. The van der Waals surface area contributed by atoms with E-state index < -0.39 is 37.0 Å². The van der Waals surface area contributed by atoms with Gasteiger partial charge in [0, 0.05) is 0 Å². The van der Waals surface area contributed by atoms with E-state index >= 15 is 0 Å². The molecule has 1 aliphatic heterocycles. The lowest BCUT2D eigenvalue weighted by molar-refractivity contribution is -0.152. The summed E-state index contributed by atoms with van der Waals surface area (Å²) in [5.74, 6) is -2.90. The minimum atomic E-state index is -1.22. The summed E-state index contributed by atoms with van der Waals surface area (Å²) in [6.45, 7) is 3.31. The number of nitrogens with one attached hydrogen (secondary N) is 1. The normalized spacial score (nSPS) is 21.7. The molecule has 108 valence electrons. The Labute approximate surface area is 111 Å². The van der Waals surface area contributed by atoms with Gasteiger partial charge in [-0.3, -0.25) is 14.4 Å². The first-order valence-corrected chi connectivity index (χ1v) is 6.20. The fourth-order valence-corrected chi connectivity index (χ4v) is 2.35. The molecule has 1 unspecified atom stereocenters. The number of carboxylic acids is 2. The molecule has 1 atom stereocenters. The summed E-state index contributed by atoms with van der Waals surface area (Å²) < 4.78 is 0. The third-order valence-corrected chi connectivity index (χ3v) is 3.34. The van der Waals surface area contributed by atoms with E-state index in [1.807, 2.05) is 13.8 Å². The number of carbonyl (C=O) groups is 3. The van der Waals surface area contributed by atoms with E-state index in [0.717, 1.165) is 17.7 Å². The first kappa shape index (κ1) is 15.4. The summed E-state index contributed by atoms with van der Waals surface area (Å²) in [4.78, 5) is 34.7. The van der Waals surface area contributed by atoms with Crippen LogP contribution in [0.25, 0.3) is 0 Å². The van der Waals surface area contributed by atoms with Crippen molar-refractivity contribution < 1.29 is 24.6 Å². The van der Waals surface area contributed by atoms with Crippen molar-refractivity contribution in [2.24, 2.45) is 5.41 Å². The Hall–Kier alpha value is -1.63. The third-order valence-electron chi connectivity index (χ3n) is 3.34. The van der Waals surface area contributed by atoms with Gasteiger partial charge in [-0.15, -0.1) is 0 Å². The molecule has 19 heavy (non-hydrogen) atoms. The summed E-state index contributed by atoms with van der Waals surface area (Å²) in [6, 6.07) is -0.542. The number of nitrogens with zero attached hydrogens (tertiary/aromatic N) is 1. The highest BCUT2D eigenvalue weighted by Crippen LogP contribution is 2.31. The molecule has 0 aromatic carbocycles. The fourth-order valence-electron chi connectivity index (χ4n) is 2.35. The lowest BCUT2D eigenvalue weighted by atomic mass is 9.77. The minimum absolute atomic E-state index is 0.315. The highest BCUT2D eigenvalue weighted by Gasteiger charge is 2.39. The third kappa shape index (κ3) is 4.20. The van der Waals surface area contributed by atoms with Crippen LogP contribution in [-0.4, -0.2) is 58.6 Å². The molecule has 7 heteroatoms. The second kappa shape index (κ2) is 6.01. The van der Waals surface area contributed by atoms with Crippen molar-refractivity contribution in [2.75, 3.05) is 19.6 Å². The van der Waals surface area contributed by atoms with Crippen LogP contribution in [0.15, 0.2) is 0 Å². The van der Waals surface area contributed by atoms with Crippen LogP contribution in [0.5, 0.6) is 0 Å². The maximum Gasteiger partial charge on any atom is 0.323 e. The molecule has 0 aromatic rings. The van der Waals surface area contributed by atoms with Gasteiger partial charge >= 0.3 is 11.9 Å². The zero-order valence-corrected chi connectivity index (χ0v) is 11.2. The highest BCUT2D eigenvalue weighted by atomic mass is 16.4. The van der Waals surface area contributed by atoms with Gasteiger partial charge in [0.25, 0.3) is 0 Å². The van der Waals surface area contributed by atoms with Crippen LogP contribution in [0.4, 0.5) is 0 Å². The lowest BCUT2D eigenvalue weighted by Gasteiger charge is -2.40. The number of carboxylic acid groups (broad SMARTS) is 2. The quantitative estimate of drug-likeness (QED) is 0.638. The Morgan fingerprint density at radius 2 is 1.74 bits per heavy atom. The zero-order chi connectivity index (χ0) is 14.6. The minimum Gasteiger partial charge on any atom is -0.480 e. The molecule has 7 nitrogen and oxygen atoms in total. The van der Waals surface area contributed by atoms with Crippen molar-refractivity contribution in [3.63, 3.8) is 0 Å². The van der Waals surface area contributed by atoms with Crippen molar-refractivity contribution in [3.05, 3.63) is 0 Å². The van der Waals surface area contributed by atoms with Crippen molar-refractivity contribution >= 4 is 17.8 Å². The second-order valence-corrected chi connectivity index (χ2v) is 5.46. The van der Waals surface area contributed by atoms with Gasteiger partial charge in [-0.2, -0.15) is 0 Å². The summed E-state index contributed by atoms with van der Waals surface area (Å²) >= 11 is 0. The zero-order valence-electron chi connectivity index (χ0n) is 11.2. The number of hydrogen-bond donors (Lipinski definition) is 3. The molecule has 1 fully saturated rings. The molecule has 0 radical (unpaired) electrons. The topological polar surface area (TPSA) is 107 Å². The lowest BCUT2D eigenvalue weighted by Crippen LogP contribution is -2.58. The molecule has 1 amide bonds. The van der Waals surface area contributed by atoms with Crippen LogP contribution < -0.4 is 5.32 Å². The van der Waals surface area contributed by atoms with Gasteiger partial charge in [0.15, 0.2) is 0 Å². The molecule has 0 aliphatic carbocycles. The Balaban J connectivity index is 2.84. The molecule has 0 bridgehead atoms. The first-order chi connectivity index (χ1) is 8.74. The molecule has 0 aromatic heterocycles. The van der Waals surface area contributed by atoms with Crippen LogP contribution >= 0.6 is 0 Å². The molecule has 1 saturated heterocycles. The van der Waals surface area contributed by atoms with Crippen molar-refractivity contribution in [1.82, 2.24) is 10.2 Å². The summed E-state index contributed by atoms with van der Waals surface area (Å²) in [5, 5.41) is 20.6.